The molecule has 2 heterocycles. The predicted octanol–water partition coefficient (Wildman–Crippen LogP) is 0.940. The number of nitrogens with one attached hydrogen (secondary N) is 1. The van der Waals surface area contributed by atoms with Crippen molar-refractivity contribution in [1.29, 1.82) is 0 Å². The third-order valence-electron chi connectivity index (χ3n) is 2.92. The molecule has 108 valence electrons. The molecular formula is C13H18N4O3. The molecule has 0 aliphatic heterocycles. The van der Waals surface area contributed by atoms with E-state index in [0.29, 0.717) is 31.1 Å². The minimum absolute atomic E-state index is 0.0586. The molecule has 0 unspecified atom stereocenters. The zero-order chi connectivity index (χ0) is 14.4. The SMILES string of the molecule is CNCCN(C)C(=O)CCc1nc(-c2ccoc2)no1. The molecule has 7 heteroatoms. The van der Waals surface area contributed by atoms with Gasteiger partial charge in [0.15, 0.2) is 0 Å². The first kappa shape index (κ1) is 14.3. The van der Waals surface area contributed by atoms with Gasteiger partial charge < -0.3 is 19.2 Å². The van der Waals surface area contributed by atoms with E-state index in [1.165, 1.54) is 0 Å². The molecule has 0 aliphatic rings. The summed E-state index contributed by atoms with van der Waals surface area (Å²) in [5.41, 5.74) is 0.762. The highest BCUT2D eigenvalue weighted by molar-refractivity contribution is 5.76. The lowest BCUT2D eigenvalue weighted by Crippen LogP contribution is -2.32. The van der Waals surface area contributed by atoms with Crippen molar-refractivity contribution < 1.29 is 13.7 Å². The summed E-state index contributed by atoms with van der Waals surface area (Å²) in [4.78, 5) is 17.8. The highest BCUT2D eigenvalue weighted by atomic mass is 16.5. The standard InChI is InChI=1S/C13H18N4O3/c1-14-6-7-17(2)12(18)4-3-11-15-13(16-20-11)10-5-8-19-9-10/h5,8-9,14H,3-4,6-7H2,1-2H3. The molecular weight excluding hydrogens is 260 g/mol. The lowest BCUT2D eigenvalue weighted by atomic mass is 10.2. The van der Waals surface area contributed by atoms with Gasteiger partial charge in [-0.05, 0) is 13.1 Å². The van der Waals surface area contributed by atoms with Crippen molar-refractivity contribution >= 4 is 5.91 Å². The lowest BCUT2D eigenvalue weighted by Gasteiger charge is -2.16. The number of carbonyl (C=O) groups excluding carboxylic acids is 1. The average Bonchev–Trinajstić information content (AvgIpc) is 3.12. The second-order valence-electron chi connectivity index (χ2n) is 4.44. The van der Waals surface area contributed by atoms with Crippen LogP contribution >= 0.6 is 0 Å². The van der Waals surface area contributed by atoms with E-state index in [9.17, 15) is 4.79 Å². The number of rotatable bonds is 7. The Morgan fingerprint density at radius 3 is 3.05 bits per heavy atom. The average molecular weight is 278 g/mol. The number of likely N-dealkylation sites (N-methyl/N-ethyl adjacent to an activating group) is 2. The van der Waals surface area contributed by atoms with Crippen LogP contribution in [0.5, 0.6) is 0 Å². The van der Waals surface area contributed by atoms with Crippen molar-refractivity contribution in [2.75, 3.05) is 27.2 Å². The van der Waals surface area contributed by atoms with Crippen molar-refractivity contribution in [3.8, 4) is 11.4 Å². The van der Waals surface area contributed by atoms with Crippen LogP contribution < -0.4 is 5.32 Å². The van der Waals surface area contributed by atoms with E-state index in [1.807, 2.05) is 7.05 Å². The number of aryl methyl sites for hydroxylation is 1. The highest BCUT2D eigenvalue weighted by Gasteiger charge is 2.13. The maximum Gasteiger partial charge on any atom is 0.227 e. The highest BCUT2D eigenvalue weighted by Crippen LogP contribution is 2.16. The van der Waals surface area contributed by atoms with E-state index in [-0.39, 0.29) is 5.91 Å². The van der Waals surface area contributed by atoms with Crippen molar-refractivity contribution in [3.63, 3.8) is 0 Å². The van der Waals surface area contributed by atoms with Crippen LogP contribution in [0.1, 0.15) is 12.3 Å². The molecule has 0 aliphatic carbocycles. The van der Waals surface area contributed by atoms with Crippen LogP contribution in [0.15, 0.2) is 27.5 Å². The summed E-state index contributed by atoms with van der Waals surface area (Å²) >= 11 is 0. The van der Waals surface area contributed by atoms with Crippen LogP contribution in [-0.2, 0) is 11.2 Å². The summed E-state index contributed by atoms with van der Waals surface area (Å²) in [6, 6.07) is 1.76. The summed E-state index contributed by atoms with van der Waals surface area (Å²) in [5, 5.41) is 6.85. The Kier molecular flexibility index (Phi) is 4.89. The Hall–Kier alpha value is -2.15. The maximum absolute atomic E-state index is 11.9. The second-order valence-corrected chi connectivity index (χ2v) is 4.44. The Balaban J connectivity index is 1.84. The van der Waals surface area contributed by atoms with Gasteiger partial charge in [-0.15, -0.1) is 0 Å². The van der Waals surface area contributed by atoms with E-state index in [4.69, 9.17) is 8.94 Å². The maximum atomic E-state index is 11.9. The minimum Gasteiger partial charge on any atom is -0.472 e. The zero-order valence-corrected chi connectivity index (χ0v) is 11.6. The number of carbonyl (C=O) groups is 1. The van der Waals surface area contributed by atoms with E-state index < -0.39 is 0 Å². The first-order valence-electron chi connectivity index (χ1n) is 6.44. The molecule has 2 rings (SSSR count). The molecule has 7 nitrogen and oxygen atoms in total. The first-order chi connectivity index (χ1) is 9.70. The van der Waals surface area contributed by atoms with Crippen molar-refractivity contribution in [2.24, 2.45) is 0 Å². The lowest BCUT2D eigenvalue weighted by molar-refractivity contribution is -0.129. The Labute approximate surface area is 116 Å². The minimum atomic E-state index is 0.0586. The molecule has 1 N–H and O–H groups in total. The summed E-state index contributed by atoms with van der Waals surface area (Å²) < 4.78 is 10.1. The number of furan rings is 1. The normalized spacial score (nSPS) is 10.7. The van der Waals surface area contributed by atoms with Gasteiger partial charge in [0.05, 0.1) is 11.8 Å². The van der Waals surface area contributed by atoms with Gasteiger partial charge in [-0.1, -0.05) is 5.16 Å². The second kappa shape index (κ2) is 6.85. The Morgan fingerprint density at radius 1 is 1.50 bits per heavy atom. The van der Waals surface area contributed by atoms with E-state index in [0.717, 1.165) is 12.1 Å². The third kappa shape index (κ3) is 3.67. The predicted molar refractivity (Wildman–Crippen MR) is 71.9 cm³/mol. The molecule has 0 aromatic carbocycles. The molecule has 0 saturated heterocycles. The van der Waals surface area contributed by atoms with Crippen LogP contribution in [0.2, 0.25) is 0 Å². The quantitative estimate of drug-likeness (QED) is 0.811. The van der Waals surface area contributed by atoms with Crippen molar-refractivity contribution in [2.45, 2.75) is 12.8 Å². The molecule has 2 aromatic heterocycles. The van der Waals surface area contributed by atoms with Crippen molar-refractivity contribution in [3.05, 3.63) is 24.5 Å². The largest absolute Gasteiger partial charge is 0.472 e. The van der Waals surface area contributed by atoms with E-state index >= 15 is 0 Å². The zero-order valence-electron chi connectivity index (χ0n) is 11.6. The summed E-state index contributed by atoms with van der Waals surface area (Å²) in [5.74, 6) is 0.990. The van der Waals surface area contributed by atoms with Crippen LogP contribution in [0.25, 0.3) is 11.4 Å². The van der Waals surface area contributed by atoms with Crippen LogP contribution in [-0.4, -0.2) is 48.1 Å². The molecule has 0 radical (unpaired) electrons. The van der Waals surface area contributed by atoms with Crippen LogP contribution in [0.4, 0.5) is 0 Å². The summed E-state index contributed by atoms with van der Waals surface area (Å²) in [6.45, 7) is 1.45. The molecule has 0 bridgehead atoms. The number of amides is 1. The first-order valence-corrected chi connectivity index (χ1v) is 6.44. The van der Waals surface area contributed by atoms with Crippen molar-refractivity contribution in [1.82, 2.24) is 20.4 Å². The fourth-order valence-corrected chi connectivity index (χ4v) is 1.67. The van der Waals surface area contributed by atoms with Gasteiger partial charge in [0, 0.05) is 33.0 Å². The monoisotopic (exact) mass is 278 g/mol. The van der Waals surface area contributed by atoms with Gasteiger partial charge >= 0.3 is 0 Å². The van der Waals surface area contributed by atoms with Gasteiger partial charge in [-0.2, -0.15) is 4.98 Å². The smallest absolute Gasteiger partial charge is 0.227 e. The fraction of sp³-hybridized carbons (Fsp3) is 0.462. The van der Waals surface area contributed by atoms with Crippen LogP contribution in [0, 0.1) is 0 Å². The van der Waals surface area contributed by atoms with Gasteiger partial charge in [0.25, 0.3) is 0 Å². The third-order valence-corrected chi connectivity index (χ3v) is 2.92. The Morgan fingerprint density at radius 2 is 2.35 bits per heavy atom. The number of aromatic nitrogens is 2. The van der Waals surface area contributed by atoms with Gasteiger partial charge in [-0.3, -0.25) is 4.79 Å². The van der Waals surface area contributed by atoms with Crippen LogP contribution in [0.3, 0.4) is 0 Å². The summed E-state index contributed by atoms with van der Waals surface area (Å²) in [7, 11) is 3.64. The molecule has 0 saturated carbocycles. The molecule has 2 aromatic rings. The van der Waals surface area contributed by atoms with Gasteiger partial charge in [0.1, 0.15) is 6.26 Å². The fourth-order valence-electron chi connectivity index (χ4n) is 1.67. The number of hydrogen-bond donors (Lipinski definition) is 1. The molecule has 20 heavy (non-hydrogen) atoms. The van der Waals surface area contributed by atoms with E-state index in [2.05, 4.69) is 15.5 Å². The van der Waals surface area contributed by atoms with Gasteiger partial charge in [0.2, 0.25) is 17.6 Å². The molecule has 1 amide bonds. The molecule has 0 fully saturated rings. The topological polar surface area (TPSA) is 84.4 Å². The van der Waals surface area contributed by atoms with E-state index in [1.54, 1.807) is 30.5 Å². The number of hydrogen-bond acceptors (Lipinski definition) is 6. The van der Waals surface area contributed by atoms with Gasteiger partial charge in [-0.25, -0.2) is 0 Å². The summed E-state index contributed by atoms with van der Waals surface area (Å²) in [6.07, 6.45) is 3.89. The Bertz CT molecular complexity index is 536. The molecule has 0 spiro atoms. The molecule has 0 atom stereocenters. The number of nitrogens with zero attached hydrogens (tertiary/aromatic N) is 3.